The van der Waals surface area contributed by atoms with Crippen molar-refractivity contribution in [1.29, 1.82) is 0 Å². The molecule has 3 aromatic rings. The Kier molecular flexibility index (Phi) is 5.52. The van der Waals surface area contributed by atoms with E-state index in [0.29, 0.717) is 10.7 Å². The van der Waals surface area contributed by atoms with Gasteiger partial charge >= 0.3 is 0 Å². The van der Waals surface area contributed by atoms with Gasteiger partial charge in [-0.1, -0.05) is 29.3 Å². The number of hydrogen-bond donors (Lipinski definition) is 1. The molecule has 1 N–H and O–H groups in total. The molecule has 0 atom stereocenters. The number of thiocarbonyl (C=S) groups is 1. The Hall–Kier alpha value is -3.22. The largest absolute Gasteiger partial charge is 0.318 e. The van der Waals surface area contributed by atoms with E-state index in [1.807, 2.05) is 63.2 Å². The molecule has 5 nitrogen and oxygen atoms in total. The number of carbonyl (C=O) groups excluding carboxylic acids is 2. The zero-order valence-corrected chi connectivity index (χ0v) is 18.8. The number of nitrogens with zero attached hydrogens (tertiary/aromatic N) is 2. The molecule has 0 unspecified atom stereocenters. The maximum Gasteiger partial charge on any atom is 0.270 e. The first kappa shape index (κ1) is 21.0. The molecule has 0 saturated carbocycles. The molecule has 7 heteroatoms. The summed E-state index contributed by atoms with van der Waals surface area (Å²) in [5.74, 6) is -0.955. The maximum absolute atomic E-state index is 13.2. The van der Waals surface area contributed by atoms with Gasteiger partial charge in [0.2, 0.25) is 0 Å². The van der Waals surface area contributed by atoms with Gasteiger partial charge in [-0.15, -0.1) is 0 Å². The number of nitrogens with one attached hydrogen (secondary N) is 1. The monoisotopic (exact) mass is 449 g/mol. The lowest BCUT2D eigenvalue weighted by Crippen LogP contribution is -2.54. The van der Waals surface area contributed by atoms with E-state index >= 15 is 0 Å². The van der Waals surface area contributed by atoms with Gasteiger partial charge in [0, 0.05) is 22.1 Å². The van der Waals surface area contributed by atoms with Gasteiger partial charge in [-0.25, -0.2) is 0 Å². The van der Waals surface area contributed by atoms with Crippen molar-refractivity contribution < 1.29 is 9.59 Å². The van der Waals surface area contributed by atoms with Gasteiger partial charge in [0.05, 0.1) is 5.69 Å². The van der Waals surface area contributed by atoms with Crippen LogP contribution in [0, 0.1) is 20.8 Å². The molecular formula is C24H20ClN3O2S. The number of carbonyl (C=O) groups is 2. The van der Waals surface area contributed by atoms with Crippen LogP contribution in [0.15, 0.2) is 60.2 Å². The second-order valence-electron chi connectivity index (χ2n) is 7.43. The van der Waals surface area contributed by atoms with Crippen LogP contribution in [-0.4, -0.2) is 21.5 Å². The molecule has 1 aliphatic heterocycles. The lowest BCUT2D eigenvalue weighted by atomic mass is 10.1. The van der Waals surface area contributed by atoms with E-state index in [2.05, 4.69) is 9.88 Å². The number of anilines is 1. The third kappa shape index (κ3) is 3.92. The normalized spacial score (nSPS) is 15.5. The summed E-state index contributed by atoms with van der Waals surface area (Å²) in [7, 11) is 0. The van der Waals surface area contributed by atoms with Crippen molar-refractivity contribution in [2.45, 2.75) is 20.8 Å². The van der Waals surface area contributed by atoms with Crippen molar-refractivity contribution in [2.24, 2.45) is 0 Å². The van der Waals surface area contributed by atoms with Crippen LogP contribution in [0.5, 0.6) is 0 Å². The molecule has 1 aromatic heterocycles. The highest BCUT2D eigenvalue weighted by atomic mass is 35.5. The summed E-state index contributed by atoms with van der Waals surface area (Å²) in [6, 6.07) is 16.8. The lowest BCUT2D eigenvalue weighted by molar-refractivity contribution is -0.122. The highest BCUT2D eigenvalue weighted by Gasteiger charge is 2.34. The molecule has 1 fully saturated rings. The minimum absolute atomic E-state index is 0.0329. The second kappa shape index (κ2) is 8.13. The Morgan fingerprint density at radius 1 is 0.935 bits per heavy atom. The average molecular weight is 450 g/mol. The summed E-state index contributed by atoms with van der Waals surface area (Å²) >= 11 is 11.3. The quantitative estimate of drug-likeness (QED) is 0.352. The van der Waals surface area contributed by atoms with Crippen LogP contribution < -0.4 is 10.2 Å². The van der Waals surface area contributed by atoms with E-state index in [1.54, 1.807) is 18.2 Å². The van der Waals surface area contributed by atoms with Gasteiger partial charge in [0.1, 0.15) is 5.57 Å². The fourth-order valence-corrected chi connectivity index (χ4v) is 4.07. The fourth-order valence-electron chi connectivity index (χ4n) is 3.66. The van der Waals surface area contributed by atoms with E-state index in [1.165, 1.54) is 4.90 Å². The van der Waals surface area contributed by atoms with Crippen molar-refractivity contribution in [2.75, 3.05) is 4.90 Å². The number of benzene rings is 2. The third-order valence-corrected chi connectivity index (χ3v) is 5.79. The second-order valence-corrected chi connectivity index (χ2v) is 8.25. The maximum atomic E-state index is 13.2. The minimum Gasteiger partial charge on any atom is -0.318 e. The van der Waals surface area contributed by atoms with Crippen molar-refractivity contribution in [3.63, 3.8) is 0 Å². The zero-order valence-electron chi connectivity index (χ0n) is 17.3. The van der Waals surface area contributed by atoms with E-state index < -0.39 is 11.8 Å². The smallest absolute Gasteiger partial charge is 0.270 e. The van der Waals surface area contributed by atoms with Crippen molar-refractivity contribution in [3.05, 3.63) is 87.7 Å². The Morgan fingerprint density at radius 2 is 1.55 bits per heavy atom. The molecule has 1 saturated heterocycles. The molecule has 0 spiro atoms. The molecule has 156 valence electrons. The topological polar surface area (TPSA) is 54.3 Å². The number of amides is 2. The first-order valence-corrected chi connectivity index (χ1v) is 10.5. The van der Waals surface area contributed by atoms with Crippen LogP contribution in [0.3, 0.4) is 0 Å². The van der Waals surface area contributed by atoms with Crippen LogP contribution in [0.1, 0.15) is 22.5 Å². The SMILES string of the molecule is Cc1ccc(N2C(=O)/C(=C\c3cc(C)n(-c4ccc(Cl)cc4)c3C)C(=O)NC2=S)cc1. The first-order valence-electron chi connectivity index (χ1n) is 9.69. The van der Waals surface area contributed by atoms with Gasteiger partial charge < -0.3 is 4.57 Å². The molecule has 2 amide bonds. The molecule has 0 aliphatic carbocycles. The zero-order chi connectivity index (χ0) is 22.3. The molecular weight excluding hydrogens is 430 g/mol. The van der Waals surface area contributed by atoms with Crippen molar-refractivity contribution in [3.8, 4) is 5.69 Å². The predicted molar refractivity (Wildman–Crippen MR) is 128 cm³/mol. The minimum atomic E-state index is -0.505. The average Bonchev–Trinajstić information content (AvgIpc) is 3.00. The Labute approximate surface area is 190 Å². The molecule has 0 radical (unpaired) electrons. The van der Waals surface area contributed by atoms with E-state index in [0.717, 1.165) is 28.2 Å². The van der Waals surface area contributed by atoms with Crippen molar-refractivity contribution >= 4 is 52.5 Å². The van der Waals surface area contributed by atoms with E-state index in [-0.39, 0.29) is 10.7 Å². The summed E-state index contributed by atoms with van der Waals surface area (Å²) in [6.45, 7) is 5.88. The third-order valence-electron chi connectivity index (χ3n) is 5.25. The Balaban J connectivity index is 1.75. The summed E-state index contributed by atoms with van der Waals surface area (Å²) in [6.07, 6.45) is 1.62. The van der Waals surface area contributed by atoms with Crippen LogP contribution in [0.2, 0.25) is 5.02 Å². The molecule has 4 rings (SSSR count). The van der Waals surface area contributed by atoms with Gasteiger partial charge in [-0.05, 0) is 87.1 Å². The number of rotatable bonds is 3. The van der Waals surface area contributed by atoms with Gasteiger partial charge in [-0.2, -0.15) is 0 Å². The highest BCUT2D eigenvalue weighted by Crippen LogP contribution is 2.26. The van der Waals surface area contributed by atoms with Crippen LogP contribution in [0.4, 0.5) is 5.69 Å². The van der Waals surface area contributed by atoms with E-state index in [9.17, 15) is 9.59 Å². The molecule has 31 heavy (non-hydrogen) atoms. The van der Waals surface area contributed by atoms with Crippen molar-refractivity contribution in [1.82, 2.24) is 9.88 Å². The number of halogens is 1. The summed E-state index contributed by atoms with van der Waals surface area (Å²) < 4.78 is 2.05. The van der Waals surface area contributed by atoms with Crippen LogP contribution in [-0.2, 0) is 9.59 Å². The first-order chi connectivity index (χ1) is 14.8. The Bertz CT molecular complexity index is 1240. The van der Waals surface area contributed by atoms with Gasteiger partial charge in [0.15, 0.2) is 5.11 Å². The highest BCUT2D eigenvalue weighted by molar-refractivity contribution is 7.80. The molecule has 0 bridgehead atoms. The lowest BCUT2D eigenvalue weighted by Gasteiger charge is -2.29. The molecule has 1 aliphatic rings. The number of hydrogen-bond acceptors (Lipinski definition) is 3. The van der Waals surface area contributed by atoms with Gasteiger partial charge in [0.25, 0.3) is 11.8 Å². The number of aromatic nitrogens is 1. The Morgan fingerprint density at radius 3 is 2.19 bits per heavy atom. The van der Waals surface area contributed by atoms with E-state index in [4.69, 9.17) is 23.8 Å². The summed E-state index contributed by atoms with van der Waals surface area (Å²) in [5, 5.41) is 3.36. The molecule has 2 heterocycles. The molecule has 2 aromatic carbocycles. The summed E-state index contributed by atoms with van der Waals surface area (Å²) in [5.41, 5.74) is 5.31. The summed E-state index contributed by atoms with van der Waals surface area (Å²) in [4.78, 5) is 27.2. The van der Waals surface area contributed by atoms with Crippen LogP contribution >= 0.6 is 23.8 Å². The van der Waals surface area contributed by atoms with Crippen LogP contribution in [0.25, 0.3) is 11.8 Å². The predicted octanol–water partition coefficient (Wildman–Crippen LogP) is 4.89. The van der Waals surface area contributed by atoms with Gasteiger partial charge in [-0.3, -0.25) is 19.8 Å². The standard InChI is InChI=1S/C24H20ClN3O2S/c1-14-4-8-20(9-5-14)28-23(30)21(22(29)26-24(28)31)13-17-12-15(2)27(16(17)3)19-10-6-18(25)7-11-19/h4-13H,1-3H3,(H,26,29,31)/b21-13-. The number of aryl methyl sites for hydroxylation is 2. The fraction of sp³-hybridized carbons (Fsp3) is 0.125.